The number of unbranched alkanes of at least 4 members (excludes halogenated alkanes) is 1. The summed E-state index contributed by atoms with van der Waals surface area (Å²) in [5.74, 6) is 1.39. The summed E-state index contributed by atoms with van der Waals surface area (Å²) < 4.78 is 0. The number of aryl methyl sites for hydroxylation is 2. The lowest BCUT2D eigenvalue weighted by molar-refractivity contribution is 0.671. The maximum Gasteiger partial charge on any atom is 0.0340 e. The molecule has 6 rings (SSSR count). The first-order chi connectivity index (χ1) is 18.1. The third-order valence-electron chi connectivity index (χ3n) is 8.57. The Balaban J connectivity index is 0.959. The molecule has 0 saturated carbocycles. The van der Waals surface area contributed by atoms with Gasteiger partial charge in [0.2, 0.25) is 0 Å². The fraction of sp³-hybridized carbons (Fsp3) is 0.333. The molecule has 4 aromatic carbocycles. The van der Waals surface area contributed by atoms with Gasteiger partial charge in [-0.2, -0.15) is 0 Å². The molecule has 1 heteroatoms. The normalized spacial score (nSPS) is 16.7. The minimum Gasteiger partial charge on any atom is -0.385 e. The van der Waals surface area contributed by atoms with Gasteiger partial charge < -0.3 is 5.32 Å². The fourth-order valence-corrected chi connectivity index (χ4v) is 6.14. The molecular weight excluding hydrogens is 446 g/mol. The largest absolute Gasteiger partial charge is 0.385 e. The molecule has 2 aliphatic carbocycles. The lowest BCUT2D eigenvalue weighted by Gasteiger charge is -2.09. The number of hydrogen-bond acceptors (Lipinski definition) is 1. The molecule has 2 unspecified atom stereocenters. The van der Waals surface area contributed by atoms with E-state index in [1.807, 2.05) is 0 Å². The van der Waals surface area contributed by atoms with Crippen LogP contribution in [-0.2, 0) is 19.3 Å². The highest BCUT2D eigenvalue weighted by Crippen LogP contribution is 2.47. The van der Waals surface area contributed by atoms with Crippen molar-refractivity contribution in [3.05, 3.63) is 134 Å². The molecule has 2 atom stereocenters. The summed E-state index contributed by atoms with van der Waals surface area (Å²) in [7, 11) is 0. The maximum atomic E-state index is 3.37. The van der Waals surface area contributed by atoms with Crippen LogP contribution in [0.15, 0.2) is 78.9 Å². The molecule has 0 aliphatic heterocycles. The summed E-state index contributed by atoms with van der Waals surface area (Å²) in [5, 5.41) is 3.37. The number of fused-ring (bicyclic) bond motifs is 2. The third-order valence-corrected chi connectivity index (χ3v) is 8.57. The van der Waals surface area contributed by atoms with Crippen molar-refractivity contribution in [2.75, 3.05) is 11.9 Å². The molecule has 0 radical (unpaired) electrons. The van der Waals surface area contributed by atoms with E-state index in [0.717, 1.165) is 19.4 Å². The van der Waals surface area contributed by atoms with E-state index in [9.17, 15) is 0 Å². The smallest absolute Gasteiger partial charge is 0.0340 e. The molecule has 0 aromatic heterocycles. The predicted molar refractivity (Wildman–Crippen MR) is 157 cm³/mol. The van der Waals surface area contributed by atoms with Crippen molar-refractivity contribution in [3.63, 3.8) is 0 Å². The van der Waals surface area contributed by atoms with E-state index in [-0.39, 0.29) is 0 Å². The van der Waals surface area contributed by atoms with Crippen LogP contribution in [0.5, 0.6) is 0 Å². The first-order valence-corrected chi connectivity index (χ1v) is 14.3. The second-order valence-corrected chi connectivity index (χ2v) is 11.3. The van der Waals surface area contributed by atoms with Crippen LogP contribution in [0, 0.1) is 6.92 Å². The van der Waals surface area contributed by atoms with Crippen LogP contribution in [0.3, 0.4) is 0 Å². The van der Waals surface area contributed by atoms with E-state index < -0.39 is 0 Å². The van der Waals surface area contributed by atoms with Gasteiger partial charge in [0.25, 0.3) is 0 Å². The number of hydrogen-bond donors (Lipinski definition) is 1. The first-order valence-electron chi connectivity index (χ1n) is 14.3. The van der Waals surface area contributed by atoms with Gasteiger partial charge >= 0.3 is 0 Å². The summed E-state index contributed by atoms with van der Waals surface area (Å²) in [6.07, 6.45) is 7.13. The number of anilines is 1. The molecule has 0 heterocycles. The van der Waals surface area contributed by atoms with Crippen molar-refractivity contribution in [1.29, 1.82) is 0 Å². The Morgan fingerprint density at radius 3 is 2.11 bits per heavy atom. The zero-order valence-electron chi connectivity index (χ0n) is 22.6. The van der Waals surface area contributed by atoms with Gasteiger partial charge in [0, 0.05) is 24.1 Å². The van der Waals surface area contributed by atoms with Gasteiger partial charge in [-0.3, -0.25) is 0 Å². The lowest BCUT2D eigenvalue weighted by Crippen LogP contribution is -1.96. The predicted octanol–water partition coefficient (Wildman–Crippen LogP) is 8.93. The molecule has 0 spiro atoms. The Morgan fingerprint density at radius 1 is 0.649 bits per heavy atom. The van der Waals surface area contributed by atoms with Crippen LogP contribution in [0.2, 0.25) is 0 Å². The average Bonchev–Trinajstić information content (AvgIpc) is 3.79. The van der Waals surface area contributed by atoms with Gasteiger partial charge in [-0.05, 0) is 114 Å². The number of benzene rings is 4. The molecule has 0 amide bonds. The summed E-state index contributed by atoms with van der Waals surface area (Å²) in [5.41, 5.74) is 16.1. The van der Waals surface area contributed by atoms with Crippen molar-refractivity contribution in [1.82, 2.24) is 0 Å². The summed E-state index contributed by atoms with van der Waals surface area (Å²) in [4.78, 5) is 0. The highest BCUT2D eigenvalue weighted by Gasteiger charge is 2.31. The summed E-state index contributed by atoms with van der Waals surface area (Å²) in [6, 6.07) is 30.3. The second kappa shape index (κ2) is 10.2. The standard InChI is InChI=1S/C36H39N/c1-4-37-31-15-10-27(11-16-31)20-28-13-18-34-33(36(34)23-28)8-6-5-7-26-9-14-30(24(2)19-26)21-29-12-17-32-25(3)35(32)22-29/h9-19,22-23,25,33,37H,4-8,20-21H2,1-3H3. The topological polar surface area (TPSA) is 12.0 Å². The highest BCUT2D eigenvalue weighted by molar-refractivity contribution is 5.55. The Kier molecular flexibility index (Phi) is 6.63. The molecule has 0 bridgehead atoms. The Labute approximate surface area is 223 Å². The van der Waals surface area contributed by atoms with Gasteiger partial charge in [0.1, 0.15) is 0 Å². The van der Waals surface area contributed by atoms with Crippen LogP contribution in [0.1, 0.15) is 101 Å². The van der Waals surface area contributed by atoms with E-state index >= 15 is 0 Å². The Hall–Kier alpha value is -3.32. The molecule has 1 N–H and O–H groups in total. The zero-order chi connectivity index (χ0) is 25.4. The molecular formula is C36H39N. The lowest BCUT2D eigenvalue weighted by atomic mass is 9.96. The van der Waals surface area contributed by atoms with Crippen molar-refractivity contribution >= 4 is 5.69 Å². The first kappa shape index (κ1) is 24.0. The van der Waals surface area contributed by atoms with Crippen LogP contribution < -0.4 is 5.32 Å². The summed E-state index contributed by atoms with van der Waals surface area (Å²) in [6.45, 7) is 7.69. The molecule has 4 aromatic rings. The van der Waals surface area contributed by atoms with Crippen molar-refractivity contribution in [3.8, 4) is 0 Å². The van der Waals surface area contributed by atoms with E-state index in [1.165, 1.54) is 70.3 Å². The molecule has 2 aliphatic rings. The van der Waals surface area contributed by atoms with Crippen molar-refractivity contribution in [2.24, 2.45) is 0 Å². The molecule has 188 valence electrons. The van der Waals surface area contributed by atoms with Crippen molar-refractivity contribution in [2.45, 2.75) is 71.1 Å². The van der Waals surface area contributed by atoms with Crippen LogP contribution >= 0.6 is 0 Å². The van der Waals surface area contributed by atoms with Gasteiger partial charge in [0.15, 0.2) is 0 Å². The van der Waals surface area contributed by atoms with E-state index in [0.29, 0.717) is 11.8 Å². The molecule has 1 nitrogen and oxygen atoms in total. The molecule has 0 saturated heterocycles. The fourth-order valence-electron chi connectivity index (χ4n) is 6.14. The highest BCUT2D eigenvalue weighted by atomic mass is 14.8. The maximum absolute atomic E-state index is 3.37. The third kappa shape index (κ3) is 5.37. The molecule has 0 fully saturated rings. The van der Waals surface area contributed by atoms with E-state index in [4.69, 9.17) is 0 Å². The quantitative estimate of drug-likeness (QED) is 0.209. The van der Waals surface area contributed by atoms with Crippen LogP contribution in [0.4, 0.5) is 5.69 Å². The summed E-state index contributed by atoms with van der Waals surface area (Å²) >= 11 is 0. The van der Waals surface area contributed by atoms with Gasteiger partial charge in [-0.25, -0.2) is 0 Å². The average molecular weight is 486 g/mol. The number of rotatable bonds is 11. The zero-order valence-corrected chi connectivity index (χ0v) is 22.6. The van der Waals surface area contributed by atoms with E-state index in [1.54, 1.807) is 16.7 Å². The van der Waals surface area contributed by atoms with Crippen molar-refractivity contribution < 1.29 is 0 Å². The van der Waals surface area contributed by atoms with Gasteiger partial charge in [-0.15, -0.1) is 0 Å². The van der Waals surface area contributed by atoms with Gasteiger partial charge in [0.05, 0.1) is 0 Å². The minimum atomic E-state index is 0.689. The second-order valence-electron chi connectivity index (χ2n) is 11.3. The van der Waals surface area contributed by atoms with Crippen LogP contribution in [0.25, 0.3) is 0 Å². The van der Waals surface area contributed by atoms with Gasteiger partial charge in [-0.1, -0.05) is 80.1 Å². The monoisotopic (exact) mass is 485 g/mol. The SMILES string of the molecule is CCNc1ccc(Cc2ccc3c(c2)C3CCCCc2ccc(Cc3ccc4c(c3)C4C)c(C)c2)cc1. The minimum absolute atomic E-state index is 0.689. The van der Waals surface area contributed by atoms with Crippen LogP contribution in [-0.4, -0.2) is 6.54 Å². The number of nitrogens with one attached hydrogen (secondary N) is 1. The Bertz CT molecular complexity index is 1410. The molecule has 37 heavy (non-hydrogen) atoms. The van der Waals surface area contributed by atoms with E-state index in [2.05, 4.69) is 105 Å². The Morgan fingerprint density at radius 2 is 1.35 bits per heavy atom.